The zero-order valence-corrected chi connectivity index (χ0v) is 11.7. The van der Waals surface area contributed by atoms with Crippen molar-refractivity contribution < 1.29 is 9.53 Å². The summed E-state index contributed by atoms with van der Waals surface area (Å²) in [7, 11) is 0. The molecule has 4 heteroatoms. The summed E-state index contributed by atoms with van der Waals surface area (Å²) in [4.78, 5) is 12.0. The molecular formula is C13H22ClNO2. The molecule has 0 aromatic rings. The predicted molar refractivity (Wildman–Crippen MR) is 72.1 cm³/mol. The Morgan fingerprint density at radius 1 is 1.41 bits per heavy atom. The molecule has 0 spiro atoms. The molecule has 0 amide bonds. The van der Waals surface area contributed by atoms with E-state index in [0.717, 1.165) is 0 Å². The molecule has 1 aliphatic rings. The molecule has 0 heterocycles. The Bertz CT molecular complexity index is 331. The molecule has 0 bridgehead atoms. The van der Waals surface area contributed by atoms with Crippen LogP contribution < -0.4 is 5.73 Å². The lowest BCUT2D eigenvalue weighted by atomic mass is 9.79. The fourth-order valence-corrected chi connectivity index (χ4v) is 1.69. The summed E-state index contributed by atoms with van der Waals surface area (Å²) in [6, 6.07) is 0. The molecule has 98 valence electrons. The molecule has 0 saturated carbocycles. The van der Waals surface area contributed by atoms with Gasteiger partial charge in [0.15, 0.2) is 0 Å². The van der Waals surface area contributed by atoms with Crippen molar-refractivity contribution in [2.45, 2.75) is 45.3 Å². The van der Waals surface area contributed by atoms with E-state index in [1.165, 1.54) is 0 Å². The van der Waals surface area contributed by atoms with Crippen molar-refractivity contribution >= 4 is 18.4 Å². The van der Waals surface area contributed by atoms with Gasteiger partial charge in [-0.25, -0.2) is 0 Å². The number of carbonyl (C=O) groups is 1. The van der Waals surface area contributed by atoms with E-state index < -0.39 is 11.1 Å². The summed E-state index contributed by atoms with van der Waals surface area (Å²) < 4.78 is 5.37. The average molecular weight is 260 g/mol. The highest BCUT2D eigenvalue weighted by Gasteiger charge is 2.38. The number of ether oxygens (including phenoxy) is 1. The van der Waals surface area contributed by atoms with E-state index in [2.05, 4.69) is 0 Å². The van der Waals surface area contributed by atoms with E-state index >= 15 is 0 Å². The Hall–Kier alpha value is -0.800. The molecule has 0 aromatic heterocycles. The fraction of sp³-hybridized carbons (Fsp3) is 0.615. The molecule has 1 rings (SSSR count). The fourth-order valence-electron chi connectivity index (χ4n) is 1.69. The largest absolute Gasteiger partial charge is 0.459 e. The van der Waals surface area contributed by atoms with Crippen LogP contribution in [0.1, 0.15) is 34.1 Å². The van der Waals surface area contributed by atoms with E-state index in [4.69, 9.17) is 10.5 Å². The van der Waals surface area contributed by atoms with Crippen LogP contribution in [0.3, 0.4) is 0 Å². The van der Waals surface area contributed by atoms with E-state index in [0.29, 0.717) is 6.42 Å². The van der Waals surface area contributed by atoms with Gasteiger partial charge in [-0.2, -0.15) is 0 Å². The summed E-state index contributed by atoms with van der Waals surface area (Å²) >= 11 is 0. The maximum absolute atomic E-state index is 12.0. The predicted octanol–water partition coefficient (Wildman–Crippen LogP) is 2.60. The Labute approximate surface area is 110 Å². The quantitative estimate of drug-likeness (QED) is 0.776. The summed E-state index contributed by atoms with van der Waals surface area (Å²) in [6.45, 7) is 7.55. The standard InChI is InChI=1S/C13H21NO2.ClH/c1-5-13(14)9-7-6-8-10(13)11(15)16-12(2,3)4;/h6-10H,5,14H2,1-4H3;1H/t10?,13-;/m0./s1. The number of carbonyl (C=O) groups excluding carboxylic acids is 1. The minimum absolute atomic E-state index is 0. The highest BCUT2D eigenvalue weighted by Crippen LogP contribution is 2.27. The van der Waals surface area contributed by atoms with Gasteiger partial charge in [0.2, 0.25) is 0 Å². The molecule has 0 radical (unpaired) electrons. The first kappa shape index (κ1) is 16.2. The second kappa shape index (κ2) is 5.69. The lowest BCUT2D eigenvalue weighted by molar-refractivity contribution is -0.159. The second-order valence-electron chi connectivity index (χ2n) is 5.22. The van der Waals surface area contributed by atoms with Gasteiger partial charge in [0, 0.05) is 0 Å². The van der Waals surface area contributed by atoms with Crippen LogP contribution in [0.4, 0.5) is 0 Å². The molecule has 0 aromatic carbocycles. The van der Waals surface area contributed by atoms with Crippen LogP contribution in [0.25, 0.3) is 0 Å². The lowest BCUT2D eigenvalue weighted by Gasteiger charge is -2.34. The number of hydrogen-bond acceptors (Lipinski definition) is 3. The third-order valence-electron chi connectivity index (χ3n) is 2.67. The van der Waals surface area contributed by atoms with Gasteiger partial charge < -0.3 is 10.5 Å². The van der Waals surface area contributed by atoms with Crippen LogP contribution in [0.5, 0.6) is 0 Å². The maximum atomic E-state index is 12.0. The minimum Gasteiger partial charge on any atom is -0.459 e. The molecule has 0 aliphatic heterocycles. The van der Waals surface area contributed by atoms with E-state index in [1.54, 1.807) is 0 Å². The molecule has 0 fully saturated rings. The first-order valence-corrected chi connectivity index (χ1v) is 5.66. The van der Waals surface area contributed by atoms with Gasteiger partial charge in [0.05, 0.1) is 11.5 Å². The lowest BCUT2D eigenvalue weighted by Crippen LogP contribution is -2.49. The van der Waals surface area contributed by atoms with Crippen molar-refractivity contribution in [2.75, 3.05) is 0 Å². The number of esters is 1. The molecule has 2 N–H and O–H groups in total. The second-order valence-corrected chi connectivity index (χ2v) is 5.22. The number of rotatable bonds is 2. The highest BCUT2D eigenvalue weighted by atomic mass is 35.5. The molecular weight excluding hydrogens is 238 g/mol. The van der Waals surface area contributed by atoms with E-state index in [-0.39, 0.29) is 24.3 Å². The highest BCUT2D eigenvalue weighted by molar-refractivity contribution is 5.85. The molecule has 2 atom stereocenters. The van der Waals surface area contributed by atoms with Crippen molar-refractivity contribution in [2.24, 2.45) is 11.7 Å². The van der Waals surface area contributed by atoms with Crippen LogP contribution >= 0.6 is 12.4 Å². The van der Waals surface area contributed by atoms with Crippen LogP contribution in [0, 0.1) is 5.92 Å². The zero-order valence-electron chi connectivity index (χ0n) is 10.9. The Morgan fingerprint density at radius 3 is 2.47 bits per heavy atom. The Kier molecular flexibility index (Phi) is 5.43. The zero-order chi connectivity index (χ0) is 12.4. The summed E-state index contributed by atoms with van der Waals surface area (Å²) in [6.07, 6.45) is 8.12. The van der Waals surface area contributed by atoms with Gasteiger partial charge in [-0.15, -0.1) is 12.4 Å². The Balaban J connectivity index is 0.00000256. The van der Waals surface area contributed by atoms with Crippen molar-refractivity contribution in [3.63, 3.8) is 0 Å². The van der Waals surface area contributed by atoms with Crippen molar-refractivity contribution in [3.05, 3.63) is 24.3 Å². The van der Waals surface area contributed by atoms with Gasteiger partial charge in [-0.05, 0) is 27.2 Å². The van der Waals surface area contributed by atoms with Gasteiger partial charge >= 0.3 is 5.97 Å². The smallest absolute Gasteiger partial charge is 0.315 e. The number of nitrogens with two attached hydrogens (primary N) is 1. The minimum atomic E-state index is -0.614. The Morgan fingerprint density at radius 2 is 2.00 bits per heavy atom. The van der Waals surface area contributed by atoms with Crippen LogP contribution in [-0.2, 0) is 9.53 Å². The van der Waals surface area contributed by atoms with E-state index in [1.807, 2.05) is 52.0 Å². The third-order valence-corrected chi connectivity index (χ3v) is 2.67. The first-order valence-electron chi connectivity index (χ1n) is 5.66. The summed E-state index contributed by atoms with van der Waals surface area (Å²) in [5, 5.41) is 0. The number of allylic oxidation sites excluding steroid dienone is 2. The van der Waals surface area contributed by atoms with Gasteiger partial charge in [0.1, 0.15) is 5.60 Å². The SMILES string of the molecule is CC[C@]1(N)C=CC=CC1C(=O)OC(C)(C)C.Cl. The topological polar surface area (TPSA) is 52.3 Å². The maximum Gasteiger partial charge on any atom is 0.315 e. The van der Waals surface area contributed by atoms with Crippen molar-refractivity contribution in [1.82, 2.24) is 0 Å². The van der Waals surface area contributed by atoms with Gasteiger partial charge in [-0.3, -0.25) is 4.79 Å². The van der Waals surface area contributed by atoms with Crippen LogP contribution in [0.2, 0.25) is 0 Å². The van der Waals surface area contributed by atoms with Crippen molar-refractivity contribution in [1.29, 1.82) is 0 Å². The molecule has 1 unspecified atom stereocenters. The number of hydrogen-bond donors (Lipinski definition) is 1. The summed E-state index contributed by atoms with van der Waals surface area (Å²) in [5.41, 5.74) is 5.10. The summed E-state index contributed by atoms with van der Waals surface area (Å²) in [5.74, 6) is -0.640. The molecule has 1 aliphatic carbocycles. The average Bonchev–Trinajstić information content (AvgIpc) is 2.15. The van der Waals surface area contributed by atoms with E-state index in [9.17, 15) is 4.79 Å². The van der Waals surface area contributed by atoms with Gasteiger partial charge in [0.25, 0.3) is 0 Å². The molecule has 0 saturated heterocycles. The third kappa shape index (κ3) is 4.17. The first-order chi connectivity index (χ1) is 7.28. The molecule has 17 heavy (non-hydrogen) atoms. The van der Waals surface area contributed by atoms with Crippen LogP contribution in [0.15, 0.2) is 24.3 Å². The normalized spacial score (nSPS) is 27.5. The van der Waals surface area contributed by atoms with Crippen LogP contribution in [-0.4, -0.2) is 17.1 Å². The van der Waals surface area contributed by atoms with Crippen molar-refractivity contribution in [3.8, 4) is 0 Å². The monoisotopic (exact) mass is 259 g/mol. The molecule has 3 nitrogen and oxygen atoms in total. The number of halogens is 1. The van der Waals surface area contributed by atoms with Gasteiger partial charge in [-0.1, -0.05) is 31.2 Å².